The van der Waals surface area contributed by atoms with Crippen molar-refractivity contribution in [2.75, 3.05) is 31.7 Å². The first-order chi connectivity index (χ1) is 17.3. The van der Waals surface area contributed by atoms with Crippen LogP contribution < -0.4 is 24.5 Å². The van der Waals surface area contributed by atoms with E-state index >= 15 is 0 Å². The quantitative estimate of drug-likeness (QED) is 0.378. The molecule has 1 atom stereocenters. The molecule has 0 spiro atoms. The average molecular weight is 574 g/mol. The van der Waals surface area contributed by atoms with E-state index in [-0.39, 0.29) is 12.2 Å². The molecule has 1 aliphatic rings. The summed E-state index contributed by atoms with van der Waals surface area (Å²) in [7, 11) is 1.58. The molecule has 0 unspecified atom stereocenters. The fraction of sp³-hybridized carbons (Fsp3) is 0.346. The second kappa shape index (κ2) is 10.9. The number of hydrogen-bond acceptors (Lipinski definition) is 8. The summed E-state index contributed by atoms with van der Waals surface area (Å²) in [6.45, 7) is 9.48. The molecule has 36 heavy (non-hydrogen) atoms. The first-order valence-corrected chi connectivity index (χ1v) is 13.3. The van der Waals surface area contributed by atoms with Gasteiger partial charge in [-0.3, -0.25) is 9.36 Å². The monoisotopic (exact) mass is 573 g/mol. The van der Waals surface area contributed by atoms with E-state index in [1.165, 1.54) is 11.3 Å². The van der Waals surface area contributed by atoms with Crippen molar-refractivity contribution in [3.05, 3.63) is 77.1 Å². The number of benzene rings is 1. The van der Waals surface area contributed by atoms with Gasteiger partial charge in [0.05, 0.1) is 40.0 Å². The van der Waals surface area contributed by atoms with Gasteiger partial charge >= 0.3 is 5.97 Å². The van der Waals surface area contributed by atoms with Gasteiger partial charge in [0.1, 0.15) is 11.5 Å². The molecule has 1 aliphatic heterocycles. The Bertz CT molecular complexity index is 1500. The Morgan fingerprint density at radius 1 is 1.25 bits per heavy atom. The van der Waals surface area contributed by atoms with E-state index in [2.05, 4.69) is 39.7 Å². The lowest BCUT2D eigenvalue weighted by atomic mass is 9.96. The van der Waals surface area contributed by atoms with Crippen molar-refractivity contribution in [2.45, 2.75) is 33.7 Å². The Hall–Kier alpha value is -3.11. The molecular formula is C26H28BrN3O5S. The van der Waals surface area contributed by atoms with Crippen LogP contribution in [0.1, 0.15) is 45.1 Å². The van der Waals surface area contributed by atoms with E-state index < -0.39 is 12.0 Å². The third kappa shape index (κ3) is 4.79. The zero-order valence-corrected chi connectivity index (χ0v) is 23.2. The number of carbonyl (C=O) groups excluding carboxylic acids is 1. The van der Waals surface area contributed by atoms with Gasteiger partial charge in [-0.1, -0.05) is 17.4 Å². The molecule has 3 heterocycles. The van der Waals surface area contributed by atoms with Crippen LogP contribution in [-0.2, 0) is 9.53 Å². The lowest BCUT2D eigenvalue weighted by molar-refractivity contribution is -0.139. The van der Waals surface area contributed by atoms with Crippen LogP contribution in [0.5, 0.6) is 5.75 Å². The first-order valence-electron chi connectivity index (χ1n) is 11.7. The topological polar surface area (TPSA) is 86.3 Å². The molecule has 0 radical (unpaired) electrons. The number of ether oxygens (including phenoxy) is 2. The van der Waals surface area contributed by atoms with Gasteiger partial charge in [-0.2, -0.15) is 0 Å². The summed E-state index contributed by atoms with van der Waals surface area (Å²) in [6, 6.07) is 8.53. The zero-order chi connectivity index (χ0) is 26.0. The van der Waals surface area contributed by atoms with Crippen LogP contribution in [0.15, 0.2) is 60.3 Å². The number of nitrogens with zero attached hydrogens (tertiary/aromatic N) is 3. The average Bonchev–Trinajstić information content (AvgIpc) is 3.43. The fourth-order valence-corrected chi connectivity index (χ4v) is 5.80. The molecule has 0 saturated heterocycles. The molecular weight excluding hydrogens is 546 g/mol. The lowest BCUT2D eigenvalue weighted by Crippen LogP contribution is -2.39. The van der Waals surface area contributed by atoms with Crippen LogP contribution in [0.4, 0.5) is 5.88 Å². The number of furan rings is 1. The number of halogens is 1. The number of aromatic nitrogens is 1. The molecule has 0 bridgehead atoms. The normalized spacial score (nSPS) is 15.5. The summed E-state index contributed by atoms with van der Waals surface area (Å²) in [4.78, 5) is 33.9. The number of esters is 1. The zero-order valence-electron chi connectivity index (χ0n) is 20.8. The van der Waals surface area contributed by atoms with Crippen LogP contribution >= 0.6 is 27.3 Å². The maximum absolute atomic E-state index is 13.7. The summed E-state index contributed by atoms with van der Waals surface area (Å²) in [6.07, 6.45) is 1.72. The Morgan fingerprint density at radius 2 is 2.00 bits per heavy atom. The van der Waals surface area contributed by atoms with E-state index in [9.17, 15) is 9.59 Å². The molecule has 8 nitrogen and oxygen atoms in total. The van der Waals surface area contributed by atoms with Crippen molar-refractivity contribution in [1.82, 2.24) is 4.57 Å². The van der Waals surface area contributed by atoms with Gasteiger partial charge in [0, 0.05) is 25.2 Å². The highest BCUT2D eigenvalue weighted by atomic mass is 79.9. The van der Waals surface area contributed by atoms with E-state index in [1.54, 1.807) is 37.7 Å². The number of fused-ring (bicyclic) bond motifs is 1. The Morgan fingerprint density at radius 3 is 2.64 bits per heavy atom. The molecule has 0 fully saturated rings. The number of thiazole rings is 1. The van der Waals surface area contributed by atoms with E-state index in [1.807, 2.05) is 24.3 Å². The molecule has 190 valence electrons. The van der Waals surface area contributed by atoms with Crippen LogP contribution in [0.3, 0.4) is 0 Å². The number of hydrogen-bond donors (Lipinski definition) is 0. The SMILES string of the molecule is CCOC(=O)C1=C(C)N=c2s/c(=C/c3ccc(N(CC)CC)o3)c(=O)n2[C@H]1c1ccc(OC)c(Br)c1. The standard InChI is InChI=1S/C26H28BrN3O5S/c1-6-29(7-2)21-12-10-17(35-21)14-20-24(31)30-23(16-9-11-19(33-5)18(27)13-16)22(25(32)34-8-3)15(4)28-26(30)36-20/h9-14,23H,6-8H2,1-5H3/b20-14+/t23-/m0/s1. The summed E-state index contributed by atoms with van der Waals surface area (Å²) in [5.74, 6) is 1.47. The van der Waals surface area contributed by atoms with Gasteiger partial charge in [-0.25, -0.2) is 9.79 Å². The van der Waals surface area contributed by atoms with E-state index in [0.29, 0.717) is 36.6 Å². The van der Waals surface area contributed by atoms with Crippen molar-refractivity contribution in [3.63, 3.8) is 0 Å². The van der Waals surface area contributed by atoms with Crippen LogP contribution in [-0.4, -0.2) is 37.3 Å². The van der Waals surface area contributed by atoms with Crippen molar-refractivity contribution >= 4 is 45.2 Å². The maximum atomic E-state index is 13.7. The third-order valence-corrected chi connectivity index (χ3v) is 7.57. The van der Waals surface area contributed by atoms with Crippen molar-refractivity contribution in [2.24, 2.45) is 4.99 Å². The van der Waals surface area contributed by atoms with Crippen molar-refractivity contribution in [1.29, 1.82) is 0 Å². The van der Waals surface area contributed by atoms with Gasteiger partial charge < -0.3 is 18.8 Å². The number of allylic oxidation sites excluding steroid dienone is 1. The number of rotatable bonds is 8. The molecule has 10 heteroatoms. The molecule has 0 saturated carbocycles. The fourth-order valence-electron chi connectivity index (χ4n) is 4.21. The molecule has 0 amide bonds. The smallest absolute Gasteiger partial charge is 0.338 e. The third-order valence-electron chi connectivity index (χ3n) is 5.97. The van der Waals surface area contributed by atoms with Crippen LogP contribution in [0, 0.1) is 0 Å². The van der Waals surface area contributed by atoms with Gasteiger partial charge in [0.25, 0.3) is 5.56 Å². The number of carbonyl (C=O) groups is 1. The summed E-state index contributed by atoms with van der Waals surface area (Å²) < 4.78 is 19.4. The maximum Gasteiger partial charge on any atom is 0.338 e. The predicted molar refractivity (Wildman–Crippen MR) is 143 cm³/mol. The van der Waals surface area contributed by atoms with E-state index in [4.69, 9.17) is 13.9 Å². The predicted octanol–water partition coefficient (Wildman–Crippen LogP) is 4.01. The first kappa shape index (κ1) is 26.0. The minimum Gasteiger partial charge on any atom is -0.496 e. The summed E-state index contributed by atoms with van der Waals surface area (Å²) in [5.41, 5.74) is 1.31. The van der Waals surface area contributed by atoms with E-state index in [0.717, 1.165) is 24.5 Å². The van der Waals surface area contributed by atoms with Crippen LogP contribution in [0.25, 0.3) is 6.08 Å². The Balaban J connectivity index is 1.89. The molecule has 2 aromatic heterocycles. The van der Waals surface area contributed by atoms with Gasteiger partial charge in [0.2, 0.25) is 0 Å². The number of anilines is 1. The van der Waals surface area contributed by atoms with Crippen molar-refractivity contribution in [3.8, 4) is 5.75 Å². The number of methoxy groups -OCH3 is 1. The second-order valence-corrected chi connectivity index (χ2v) is 9.91. The molecule has 0 aliphatic carbocycles. The molecule has 0 N–H and O–H groups in total. The lowest BCUT2D eigenvalue weighted by Gasteiger charge is -2.25. The van der Waals surface area contributed by atoms with Crippen LogP contribution in [0.2, 0.25) is 0 Å². The van der Waals surface area contributed by atoms with Crippen molar-refractivity contribution < 1.29 is 18.7 Å². The summed E-state index contributed by atoms with van der Waals surface area (Å²) in [5, 5.41) is 0. The Kier molecular flexibility index (Phi) is 7.85. The highest BCUT2D eigenvalue weighted by Crippen LogP contribution is 2.35. The minimum atomic E-state index is -0.701. The van der Waals surface area contributed by atoms with Gasteiger partial charge in [-0.15, -0.1) is 0 Å². The second-order valence-electron chi connectivity index (χ2n) is 8.04. The highest BCUT2D eigenvalue weighted by molar-refractivity contribution is 9.10. The Labute approximate surface area is 221 Å². The minimum absolute atomic E-state index is 0.215. The highest BCUT2D eigenvalue weighted by Gasteiger charge is 2.33. The molecule has 3 aromatic rings. The molecule has 4 rings (SSSR count). The molecule has 1 aromatic carbocycles. The summed E-state index contributed by atoms with van der Waals surface area (Å²) >= 11 is 4.78. The largest absolute Gasteiger partial charge is 0.496 e. The van der Waals surface area contributed by atoms with Gasteiger partial charge in [-0.05, 0) is 67.4 Å². The van der Waals surface area contributed by atoms with Gasteiger partial charge in [0.15, 0.2) is 10.7 Å².